The molecule has 0 atom stereocenters. The Labute approximate surface area is 216 Å². The number of thioether (sulfide) groups is 1. The van der Waals surface area contributed by atoms with E-state index in [-0.39, 0.29) is 23.9 Å². The molecule has 0 aromatic heterocycles. The van der Waals surface area contributed by atoms with Gasteiger partial charge in [0.1, 0.15) is 12.4 Å². The first-order valence-electron chi connectivity index (χ1n) is 10.7. The van der Waals surface area contributed by atoms with Crippen LogP contribution in [0.2, 0.25) is 10.0 Å². The molecule has 1 saturated heterocycles. The van der Waals surface area contributed by atoms with E-state index in [0.717, 1.165) is 16.7 Å². The topological polar surface area (TPSA) is 55.8 Å². The number of amides is 2. The molecule has 1 aliphatic rings. The molecule has 35 heavy (non-hydrogen) atoms. The molecule has 2 amide bonds. The van der Waals surface area contributed by atoms with E-state index >= 15 is 0 Å². The fourth-order valence-corrected chi connectivity index (χ4v) is 4.76. The third-order valence-electron chi connectivity index (χ3n) is 5.16. The first-order valence-corrected chi connectivity index (χ1v) is 12.3. The zero-order chi connectivity index (χ0) is 24.9. The Kier molecular flexibility index (Phi) is 8.00. The second-order valence-corrected chi connectivity index (χ2v) is 9.29. The predicted molar refractivity (Wildman–Crippen MR) is 136 cm³/mol. The highest BCUT2D eigenvalue weighted by Crippen LogP contribution is 2.37. The lowest BCUT2D eigenvalue weighted by Gasteiger charge is -2.15. The van der Waals surface area contributed by atoms with Crippen LogP contribution in [0.1, 0.15) is 23.6 Å². The summed E-state index contributed by atoms with van der Waals surface area (Å²) >= 11 is 13.2. The highest BCUT2D eigenvalue weighted by atomic mass is 35.5. The summed E-state index contributed by atoms with van der Waals surface area (Å²) in [6.07, 6.45) is 1.61. The number of halogens is 3. The van der Waals surface area contributed by atoms with Gasteiger partial charge in [-0.2, -0.15) is 0 Å². The summed E-state index contributed by atoms with van der Waals surface area (Å²) in [4.78, 5) is 26.9. The van der Waals surface area contributed by atoms with Gasteiger partial charge in [-0.1, -0.05) is 53.5 Å². The number of hydrogen-bond acceptors (Lipinski definition) is 5. The van der Waals surface area contributed by atoms with Crippen LogP contribution in [-0.2, 0) is 17.9 Å². The Morgan fingerprint density at radius 1 is 0.971 bits per heavy atom. The molecule has 4 rings (SSSR count). The second kappa shape index (κ2) is 11.2. The number of carbonyl (C=O) groups is 2. The van der Waals surface area contributed by atoms with Crippen LogP contribution in [0.4, 0.5) is 9.18 Å². The molecular formula is C26H20Cl2FNO4S. The largest absolute Gasteiger partial charge is 0.490 e. The van der Waals surface area contributed by atoms with Gasteiger partial charge in [0.15, 0.2) is 11.5 Å². The van der Waals surface area contributed by atoms with Crippen molar-refractivity contribution in [3.05, 3.63) is 98.1 Å². The molecule has 180 valence electrons. The Hall–Kier alpha value is -3.00. The van der Waals surface area contributed by atoms with Gasteiger partial charge < -0.3 is 9.47 Å². The molecule has 9 heteroatoms. The molecule has 0 aliphatic carbocycles. The summed E-state index contributed by atoms with van der Waals surface area (Å²) in [5, 5.41) is 0.354. The summed E-state index contributed by atoms with van der Waals surface area (Å²) in [5.41, 5.74) is 1.58. The summed E-state index contributed by atoms with van der Waals surface area (Å²) < 4.78 is 25.4. The van der Waals surface area contributed by atoms with Crippen molar-refractivity contribution in [1.29, 1.82) is 0 Å². The standard InChI is InChI=1S/C26H20Cl2FNO4S/c1-2-33-23-12-16(10-11-22(23)34-15-17-6-3-4-9-21(17)29)13-24-25(31)30(26(32)35-24)14-18-19(27)7-5-8-20(18)28/h3-13H,2,14-15H2,1H3/b24-13+. The quantitative estimate of drug-likeness (QED) is 0.284. The van der Waals surface area contributed by atoms with Crippen LogP contribution < -0.4 is 9.47 Å². The lowest BCUT2D eigenvalue weighted by atomic mass is 10.1. The molecule has 1 aliphatic heterocycles. The van der Waals surface area contributed by atoms with E-state index in [1.54, 1.807) is 60.7 Å². The highest BCUT2D eigenvalue weighted by molar-refractivity contribution is 8.18. The molecule has 3 aromatic rings. The van der Waals surface area contributed by atoms with Crippen molar-refractivity contribution in [1.82, 2.24) is 4.90 Å². The SMILES string of the molecule is CCOc1cc(/C=C2/SC(=O)N(Cc3c(Cl)cccc3Cl)C2=O)ccc1OCc1ccccc1F. The first kappa shape index (κ1) is 25.1. The fraction of sp³-hybridized carbons (Fsp3) is 0.154. The maximum Gasteiger partial charge on any atom is 0.293 e. The Morgan fingerprint density at radius 2 is 1.71 bits per heavy atom. The number of benzene rings is 3. The Balaban J connectivity index is 1.53. The smallest absolute Gasteiger partial charge is 0.293 e. The van der Waals surface area contributed by atoms with Crippen LogP contribution in [-0.4, -0.2) is 22.7 Å². The monoisotopic (exact) mass is 531 g/mol. The van der Waals surface area contributed by atoms with Crippen molar-refractivity contribution in [3.63, 3.8) is 0 Å². The molecule has 0 unspecified atom stereocenters. The van der Waals surface area contributed by atoms with Crippen LogP contribution in [0.15, 0.2) is 65.6 Å². The second-order valence-electron chi connectivity index (χ2n) is 7.49. The third kappa shape index (κ3) is 5.81. The van der Waals surface area contributed by atoms with Crippen molar-refractivity contribution in [2.24, 2.45) is 0 Å². The van der Waals surface area contributed by atoms with Crippen LogP contribution in [0, 0.1) is 5.82 Å². The lowest BCUT2D eigenvalue weighted by molar-refractivity contribution is -0.123. The van der Waals surface area contributed by atoms with E-state index in [0.29, 0.717) is 44.8 Å². The summed E-state index contributed by atoms with van der Waals surface area (Å²) in [6, 6.07) is 16.5. The minimum Gasteiger partial charge on any atom is -0.490 e. The number of nitrogens with zero attached hydrogens (tertiary/aromatic N) is 1. The molecule has 5 nitrogen and oxygen atoms in total. The van der Waals surface area contributed by atoms with Crippen molar-refractivity contribution < 1.29 is 23.5 Å². The predicted octanol–water partition coefficient (Wildman–Crippen LogP) is 7.35. The molecular weight excluding hydrogens is 512 g/mol. The van der Waals surface area contributed by atoms with Crippen molar-refractivity contribution in [3.8, 4) is 11.5 Å². The van der Waals surface area contributed by atoms with E-state index in [1.807, 2.05) is 6.92 Å². The van der Waals surface area contributed by atoms with Gasteiger partial charge in [0.05, 0.1) is 18.1 Å². The van der Waals surface area contributed by atoms with Gasteiger partial charge in [-0.25, -0.2) is 4.39 Å². The molecule has 0 saturated carbocycles. The van der Waals surface area contributed by atoms with E-state index in [2.05, 4.69) is 0 Å². The number of rotatable bonds is 8. The van der Waals surface area contributed by atoms with Crippen LogP contribution in [0.5, 0.6) is 11.5 Å². The maximum absolute atomic E-state index is 13.9. The molecule has 0 bridgehead atoms. The molecule has 0 N–H and O–H groups in total. The highest BCUT2D eigenvalue weighted by Gasteiger charge is 2.35. The van der Waals surface area contributed by atoms with Gasteiger partial charge in [0.2, 0.25) is 0 Å². The van der Waals surface area contributed by atoms with E-state index in [9.17, 15) is 14.0 Å². The normalized spacial score (nSPS) is 14.6. The zero-order valence-electron chi connectivity index (χ0n) is 18.6. The molecule has 3 aromatic carbocycles. The average molecular weight is 532 g/mol. The van der Waals surface area contributed by atoms with Gasteiger partial charge in [-0.05, 0) is 60.7 Å². The number of carbonyl (C=O) groups excluding carboxylic acids is 2. The average Bonchev–Trinajstić information content (AvgIpc) is 3.09. The van der Waals surface area contributed by atoms with E-state index in [1.165, 1.54) is 6.07 Å². The lowest BCUT2D eigenvalue weighted by Crippen LogP contribution is -2.27. The van der Waals surface area contributed by atoms with Gasteiger partial charge in [0, 0.05) is 21.2 Å². The van der Waals surface area contributed by atoms with Gasteiger partial charge in [0.25, 0.3) is 11.1 Å². The summed E-state index contributed by atoms with van der Waals surface area (Å²) in [7, 11) is 0. The van der Waals surface area contributed by atoms with Crippen molar-refractivity contribution in [2.75, 3.05) is 6.61 Å². The Bertz CT molecular complexity index is 1290. The van der Waals surface area contributed by atoms with Crippen LogP contribution in [0.25, 0.3) is 6.08 Å². The molecule has 0 spiro atoms. The molecule has 1 heterocycles. The van der Waals surface area contributed by atoms with Crippen LogP contribution in [0.3, 0.4) is 0 Å². The summed E-state index contributed by atoms with van der Waals surface area (Å²) in [6.45, 7) is 2.23. The van der Waals surface area contributed by atoms with Gasteiger partial charge >= 0.3 is 0 Å². The molecule has 1 fully saturated rings. The number of hydrogen-bond donors (Lipinski definition) is 0. The summed E-state index contributed by atoms with van der Waals surface area (Å²) in [5.74, 6) is 0.0955. The minimum atomic E-state index is -0.436. The van der Waals surface area contributed by atoms with Gasteiger partial charge in [-0.15, -0.1) is 0 Å². The molecule has 0 radical (unpaired) electrons. The van der Waals surface area contributed by atoms with E-state index < -0.39 is 11.1 Å². The third-order valence-corrected chi connectivity index (χ3v) is 6.77. The van der Waals surface area contributed by atoms with E-state index in [4.69, 9.17) is 32.7 Å². The Morgan fingerprint density at radius 3 is 2.43 bits per heavy atom. The fourth-order valence-electron chi connectivity index (χ4n) is 3.40. The number of imide groups is 1. The maximum atomic E-state index is 13.9. The number of ether oxygens (including phenoxy) is 2. The van der Waals surface area contributed by atoms with Gasteiger partial charge in [-0.3, -0.25) is 14.5 Å². The van der Waals surface area contributed by atoms with Crippen molar-refractivity contribution >= 4 is 52.2 Å². The first-order chi connectivity index (χ1) is 16.9. The zero-order valence-corrected chi connectivity index (χ0v) is 20.9. The minimum absolute atomic E-state index is 0.0203. The van der Waals surface area contributed by atoms with Crippen molar-refractivity contribution in [2.45, 2.75) is 20.1 Å². The van der Waals surface area contributed by atoms with Crippen LogP contribution >= 0.6 is 35.0 Å².